The number of benzene rings is 1. The highest BCUT2D eigenvalue weighted by Gasteiger charge is 2.21. The van der Waals surface area contributed by atoms with Crippen LogP contribution in [0.25, 0.3) is 0 Å². The second-order valence-corrected chi connectivity index (χ2v) is 5.68. The highest BCUT2D eigenvalue weighted by molar-refractivity contribution is 5.48. The summed E-state index contributed by atoms with van der Waals surface area (Å²) in [6, 6.07) is 4.01. The Bertz CT molecular complexity index is 421. The number of halogens is 2. The highest BCUT2D eigenvalue weighted by Crippen LogP contribution is 2.23. The molecule has 1 aliphatic heterocycles. The Morgan fingerprint density at radius 3 is 2.89 bits per heavy atom. The van der Waals surface area contributed by atoms with E-state index in [1.165, 1.54) is 18.2 Å². The van der Waals surface area contributed by atoms with Gasteiger partial charge >= 0.3 is 0 Å². The maximum absolute atomic E-state index is 13.8. The minimum absolute atomic E-state index is 0.338. The standard InChI is InChI=1S/C15H22F2N2/c1-11(2)8-13-10-19(7-3-6-18-13)15-9-12(16)4-5-14(15)17/h4-5,9,11,13,18H,3,6-8,10H2,1-2H3. The van der Waals surface area contributed by atoms with Gasteiger partial charge in [-0.15, -0.1) is 0 Å². The Hall–Kier alpha value is -1.16. The van der Waals surface area contributed by atoms with E-state index >= 15 is 0 Å². The monoisotopic (exact) mass is 268 g/mol. The summed E-state index contributed by atoms with van der Waals surface area (Å²) in [6.45, 7) is 6.80. The molecule has 1 atom stereocenters. The third-order valence-electron chi connectivity index (χ3n) is 3.48. The van der Waals surface area contributed by atoms with Crippen LogP contribution in [0, 0.1) is 17.6 Å². The van der Waals surface area contributed by atoms with Crippen molar-refractivity contribution in [3.8, 4) is 0 Å². The molecule has 0 spiro atoms. The van der Waals surface area contributed by atoms with Gasteiger partial charge in [0.2, 0.25) is 0 Å². The van der Waals surface area contributed by atoms with Crippen LogP contribution in [0.5, 0.6) is 0 Å². The summed E-state index contributed by atoms with van der Waals surface area (Å²) < 4.78 is 27.1. The molecule has 1 heterocycles. The molecular formula is C15H22F2N2. The first-order chi connectivity index (χ1) is 9.06. The summed E-state index contributed by atoms with van der Waals surface area (Å²) >= 11 is 0. The highest BCUT2D eigenvalue weighted by atomic mass is 19.1. The van der Waals surface area contributed by atoms with E-state index < -0.39 is 0 Å². The number of anilines is 1. The fourth-order valence-corrected chi connectivity index (χ4v) is 2.67. The molecule has 4 heteroatoms. The molecule has 106 valence electrons. The van der Waals surface area contributed by atoms with Crippen molar-refractivity contribution < 1.29 is 8.78 Å². The van der Waals surface area contributed by atoms with Crippen LogP contribution in [0.4, 0.5) is 14.5 Å². The van der Waals surface area contributed by atoms with E-state index in [1.807, 2.05) is 4.90 Å². The van der Waals surface area contributed by atoms with Gasteiger partial charge in [-0.25, -0.2) is 8.78 Å². The van der Waals surface area contributed by atoms with Crippen LogP contribution in [0.1, 0.15) is 26.7 Å². The van der Waals surface area contributed by atoms with Gasteiger partial charge in [-0.05, 0) is 37.4 Å². The summed E-state index contributed by atoms with van der Waals surface area (Å²) in [7, 11) is 0. The minimum Gasteiger partial charge on any atom is -0.367 e. The molecule has 0 saturated carbocycles. The van der Waals surface area contributed by atoms with Crippen LogP contribution < -0.4 is 10.2 Å². The van der Waals surface area contributed by atoms with Crippen molar-refractivity contribution in [2.45, 2.75) is 32.7 Å². The van der Waals surface area contributed by atoms with Crippen molar-refractivity contribution >= 4 is 5.69 Å². The number of rotatable bonds is 3. The molecule has 2 rings (SSSR count). The molecule has 1 aromatic rings. The van der Waals surface area contributed by atoms with Crippen molar-refractivity contribution in [1.29, 1.82) is 0 Å². The zero-order valence-corrected chi connectivity index (χ0v) is 11.6. The average Bonchev–Trinajstić information content (AvgIpc) is 2.57. The second kappa shape index (κ2) is 6.33. The van der Waals surface area contributed by atoms with Gasteiger partial charge in [-0.1, -0.05) is 13.8 Å². The molecule has 0 amide bonds. The van der Waals surface area contributed by atoms with Crippen LogP contribution in [0.15, 0.2) is 18.2 Å². The van der Waals surface area contributed by atoms with E-state index in [0.29, 0.717) is 17.6 Å². The summed E-state index contributed by atoms with van der Waals surface area (Å²) in [5, 5.41) is 3.49. The lowest BCUT2D eigenvalue weighted by atomic mass is 10.0. The Kier molecular flexibility index (Phi) is 4.75. The first kappa shape index (κ1) is 14.3. The Morgan fingerprint density at radius 1 is 1.37 bits per heavy atom. The van der Waals surface area contributed by atoms with Crippen molar-refractivity contribution in [2.24, 2.45) is 5.92 Å². The van der Waals surface area contributed by atoms with Crippen LogP contribution in [0.3, 0.4) is 0 Å². The molecule has 0 radical (unpaired) electrons. The largest absolute Gasteiger partial charge is 0.367 e. The number of hydrogen-bond donors (Lipinski definition) is 1. The van der Waals surface area contributed by atoms with Gasteiger partial charge in [0, 0.05) is 25.2 Å². The van der Waals surface area contributed by atoms with Crippen LogP contribution in [0.2, 0.25) is 0 Å². The maximum Gasteiger partial charge on any atom is 0.146 e. The van der Waals surface area contributed by atoms with Crippen molar-refractivity contribution in [3.63, 3.8) is 0 Å². The van der Waals surface area contributed by atoms with Gasteiger partial charge in [0.05, 0.1) is 5.69 Å². The Balaban J connectivity index is 2.15. The molecule has 1 saturated heterocycles. The topological polar surface area (TPSA) is 15.3 Å². The van der Waals surface area contributed by atoms with E-state index in [-0.39, 0.29) is 11.6 Å². The van der Waals surface area contributed by atoms with Gasteiger partial charge in [-0.3, -0.25) is 0 Å². The van der Waals surface area contributed by atoms with E-state index in [0.717, 1.165) is 32.5 Å². The molecule has 1 unspecified atom stereocenters. The molecule has 1 N–H and O–H groups in total. The number of hydrogen-bond acceptors (Lipinski definition) is 2. The molecule has 1 aliphatic rings. The molecule has 1 fully saturated rings. The van der Waals surface area contributed by atoms with E-state index in [9.17, 15) is 8.78 Å². The van der Waals surface area contributed by atoms with Crippen molar-refractivity contribution in [3.05, 3.63) is 29.8 Å². The fourth-order valence-electron chi connectivity index (χ4n) is 2.67. The van der Waals surface area contributed by atoms with Gasteiger partial charge in [0.25, 0.3) is 0 Å². The normalized spacial score (nSPS) is 20.7. The molecule has 2 nitrogen and oxygen atoms in total. The summed E-state index contributed by atoms with van der Waals surface area (Å²) in [4.78, 5) is 1.96. The Labute approximate surface area is 113 Å². The third kappa shape index (κ3) is 3.90. The SMILES string of the molecule is CC(C)CC1CN(c2cc(F)ccc2F)CCCN1. The van der Waals surface area contributed by atoms with Crippen LogP contribution >= 0.6 is 0 Å². The molecule has 0 bridgehead atoms. The van der Waals surface area contributed by atoms with Crippen molar-refractivity contribution in [1.82, 2.24) is 5.32 Å². The third-order valence-corrected chi connectivity index (χ3v) is 3.48. The zero-order valence-electron chi connectivity index (χ0n) is 11.6. The van der Waals surface area contributed by atoms with E-state index in [2.05, 4.69) is 19.2 Å². The van der Waals surface area contributed by atoms with Gasteiger partial charge in [0.15, 0.2) is 0 Å². The van der Waals surface area contributed by atoms with E-state index in [1.54, 1.807) is 0 Å². The first-order valence-electron chi connectivity index (χ1n) is 6.99. The van der Waals surface area contributed by atoms with Crippen LogP contribution in [-0.2, 0) is 0 Å². The van der Waals surface area contributed by atoms with Gasteiger partial charge in [-0.2, -0.15) is 0 Å². The van der Waals surface area contributed by atoms with E-state index in [4.69, 9.17) is 0 Å². The molecule has 0 aromatic heterocycles. The lowest BCUT2D eigenvalue weighted by Crippen LogP contribution is -2.39. The minimum atomic E-state index is -0.381. The summed E-state index contributed by atoms with van der Waals surface area (Å²) in [6.07, 6.45) is 2.00. The Morgan fingerprint density at radius 2 is 2.16 bits per heavy atom. The predicted molar refractivity (Wildman–Crippen MR) is 74.4 cm³/mol. The maximum atomic E-state index is 13.8. The lowest BCUT2D eigenvalue weighted by molar-refractivity contribution is 0.435. The molecule has 1 aromatic carbocycles. The molecular weight excluding hydrogens is 246 g/mol. The smallest absolute Gasteiger partial charge is 0.146 e. The average molecular weight is 268 g/mol. The fraction of sp³-hybridized carbons (Fsp3) is 0.600. The molecule has 0 aliphatic carbocycles. The van der Waals surface area contributed by atoms with Crippen LogP contribution in [-0.4, -0.2) is 25.7 Å². The van der Waals surface area contributed by atoms with Gasteiger partial charge < -0.3 is 10.2 Å². The number of nitrogens with zero attached hydrogens (tertiary/aromatic N) is 1. The first-order valence-corrected chi connectivity index (χ1v) is 6.99. The summed E-state index contributed by atoms with van der Waals surface area (Å²) in [5.41, 5.74) is 0.387. The van der Waals surface area contributed by atoms with Crippen molar-refractivity contribution in [2.75, 3.05) is 24.5 Å². The molecule has 19 heavy (non-hydrogen) atoms. The zero-order chi connectivity index (χ0) is 13.8. The quantitative estimate of drug-likeness (QED) is 0.905. The summed E-state index contributed by atoms with van der Waals surface area (Å²) in [5.74, 6) is -0.129. The second-order valence-electron chi connectivity index (χ2n) is 5.68. The number of nitrogens with one attached hydrogen (secondary N) is 1. The predicted octanol–water partition coefficient (Wildman–Crippen LogP) is 3.18. The lowest BCUT2D eigenvalue weighted by Gasteiger charge is -2.27. The van der Waals surface area contributed by atoms with Gasteiger partial charge in [0.1, 0.15) is 11.6 Å².